The van der Waals surface area contributed by atoms with E-state index in [1.54, 1.807) is 0 Å². The summed E-state index contributed by atoms with van der Waals surface area (Å²) in [4.78, 5) is 11.0. The van der Waals surface area contributed by atoms with E-state index in [2.05, 4.69) is 19.7 Å². The van der Waals surface area contributed by atoms with Gasteiger partial charge >= 0.3 is 5.97 Å². The van der Waals surface area contributed by atoms with Crippen molar-refractivity contribution < 1.29 is 13.6 Å². The topological polar surface area (TPSA) is 35.5 Å². The Labute approximate surface area is 90.2 Å². The summed E-state index contributed by atoms with van der Waals surface area (Å²) in [5.74, 6) is -0.338. The van der Waals surface area contributed by atoms with Crippen molar-refractivity contribution >= 4 is 24.8 Å². The van der Waals surface area contributed by atoms with Crippen LogP contribution in [0.25, 0.3) is 0 Å². The van der Waals surface area contributed by atoms with Crippen LogP contribution >= 0.6 is 0 Å². The SMILES string of the molecule is C=CC(=O)OC(CC)C[Si](C)(C)O[SiH3]. The molecule has 1 atom stereocenters. The van der Waals surface area contributed by atoms with E-state index in [-0.39, 0.29) is 12.1 Å². The van der Waals surface area contributed by atoms with Gasteiger partial charge in [-0.3, -0.25) is 0 Å². The quantitative estimate of drug-likeness (QED) is 0.389. The van der Waals surface area contributed by atoms with E-state index in [9.17, 15) is 4.79 Å². The van der Waals surface area contributed by atoms with Crippen LogP contribution in [0.15, 0.2) is 12.7 Å². The van der Waals surface area contributed by atoms with Gasteiger partial charge in [-0.05, 0) is 19.5 Å². The molecule has 14 heavy (non-hydrogen) atoms. The van der Waals surface area contributed by atoms with Crippen molar-refractivity contribution in [2.75, 3.05) is 0 Å². The second-order valence-electron chi connectivity index (χ2n) is 3.84. The van der Waals surface area contributed by atoms with E-state index < -0.39 is 8.32 Å². The zero-order valence-corrected chi connectivity index (χ0v) is 12.5. The molecular weight excluding hydrogens is 212 g/mol. The minimum absolute atomic E-state index is 0.0175. The molecule has 0 aromatic rings. The minimum Gasteiger partial charge on any atom is -0.463 e. The lowest BCUT2D eigenvalue weighted by molar-refractivity contribution is -0.142. The van der Waals surface area contributed by atoms with Crippen molar-refractivity contribution in [1.29, 1.82) is 0 Å². The molecule has 3 nitrogen and oxygen atoms in total. The highest BCUT2D eigenvalue weighted by Crippen LogP contribution is 2.17. The number of carbonyl (C=O) groups excluding carboxylic acids is 1. The van der Waals surface area contributed by atoms with E-state index >= 15 is 0 Å². The number of hydrogen-bond acceptors (Lipinski definition) is 3. The van der Waals surface area contributed by atoms with Crippen molar-refractivity contribution in [1.82, 2.24) is 0 Å². The summed E-state index contributed by atoms with van der Waals surface area (Å²) >= 11 is 0. The third kappa shape index (κ3) is 5.36. The van der Waals surface area contributed by atoms with Crippen LogP contribution in [0.3, 0.4) is 0 Å². The monoisotopic (exact) mass is 232 g/mol. The molecule has 0 spiro atoms. The highest BCUT2D eigenvalue weighted by Gasteiger charge is 2.26. The molecule has 0 aliphatic carbocycles. The van der Waals surface area contributed by atoms with Crippen LogP contribution in [0.4, 0.5) is 0 Å². The molecule has 0 amide bonds. The second kappa shape index (κ2) is 6.16. The lowest BCUT2D eigenvalue weighted by atomic mass is 10.3. The summed E-state index contributed by atoms with van der Waals surface area (Å²) in [5.41, 5.74) is 0. The summed E-state index contributed by atoms with van der Waals surface area (Å²) in [6, 6.07) is 0.868. The third-order valence-electron chi connectivity index (χ3n) is 2.18. The highest BCUT2D eigenvalue weighted by atomic mass is 28.4. The second-order valence-corrected chi connectivity index (χ2v) is 9.40. The molecule has 0 N–H and O–H groups in total. The summed E-state index contributed by atoms with van der Waals surface area (Å²) in [7, 11) is -0.834. The third-order valence-corrected chi connectivity index (χ3v) is 8.04. The normalized spacial score (nSPS) is 13.6. The number of rotatable bonds is 6. The van der Waals surface area contributed by atoms with E-state index in [1.165, 1.54) is 6.08 Å². The van der Waals surface area contributed by atoms with Crippen LogP contribution in [-0.2, 0) is 13.6 Å². The molecule has 0 saturated carbocycles. The molecule has 5 heteroatoms. The summed E-state index contributed by atoms with van der Waals surface area (Å²) in [6.07, 6.45) is 2.02. The van der Waals surface area contributed by atoms with Gasteiger partial charge in [0.1, 0.15) is 16.6 Å². The van der Waals surface area contributed by atoms with Crippen molar-refractivity contribution in [3.8, 4) is 0 Å². The predicted molar refractivity (Wildman–Crippen MR) is 63.7 cm³/mol. The first-order chi connectivity index (χ1) is 6.45. The van der Waals surface area contributed by atoms with E-state index in [0.29, 0.717) is 0 Å². The molecule has 0 rings (SSSR count). The zero-order chi connectivity index (χ0) is 11.2. The van der Waals surface area contributed by atoms with Gasteiger partial charge in [-0.1, -0.05) is 13.5 Å². The molecular formula is C9H20O3Si2. The first kappa shape index (κ1) is 13.6. The summed E-state index contributed by atoms with van der Waals surface area (Å²) < 4.78 is 10.7. The van der Waals surface area contributed by atoms with Gasteiger partial charge in [-0.2, -0.15) is 0 Å². The maximum atomic E-state index is 11.0. The molecule has 0 aromatic heterocycles. The van der Waals surface area contributed by atoms with Crippen molar-refractivity contribution in [3.05, 3.63) is 12.7 Å². The molecule has 1 unspecified atom stereocenters. The average Bonchev–Trinajstić information content (AvgIpc) is 2.16. The van der Waals surface area contributed by atoms with Crippen LogP contribution in [0, 0.1) is 0 Å². The number of esters is 1. The Morgan fingerprint density at radius 3 is 2.57 bits per heavy atom. The molecule has 0 radical (unpaired) electrons. The Bertz CT molecular complexity index is 204. The Balaban J connectivity index is 4.15. The number of ether oxygens (including phenoxy) is 1. The van der Waals surface area contributed by atoms with Crippen molar-refractivity contribution in [3.63, 3.8) is 0 Å². The van der Waals surface area contributed by atoms with E-state index in [4.69, 9.17) is 8.85 Å². The van der Waals surface area contributed by atoms with Crippen LogP contribution in [-0.4, -0.2) is 30.9 Å². The Hall–Kier alpha value is -0.396. The molecule has 0 aromatic carbocycles. The van der Waals surface area contributed by atoms with Gasteiger partial charge in [0.25, 0.3) is 0 Å². The number of hydrogen-bond donors (Lipinski definition) is 0. The molecule has 0 heterocycles. The Kier molecular flexibility index (Phi) is 5.98. The lowest BCUT2D eigenvalue weighted by Crippen LogP contribution is -2.35. The van der Waals surface area contributed by atoms with Gasteiger partial charge in [0.15, 0.2) is 8.32 Å². The maximum absolute atomic E-state index is 11.0. The van der Waals surface area contributed by atoms with Gasteiger partial charge in [0.2, 0.25) is 0 Å². The van der Waals surface area contributed by atoms with Crippen LogP contribution in [0.1, 0.15) is 13.3 Å². The lowest BCUT2D eigenvalue weighted by Gasteiger charge is -2.25. The zero-order valence-electron chi connectivity index (χ0n) is 9.50. The fourth-order valence-electron chi connectivity index (χ4n) is 1.11. The predicted octanol–water partition coefficient (Wildman–Crippen LogP) is 0.996. The van der Waals surface area contributed by atoms with Gasteiger partial charge in [-0.15, -0.1) is 0 Å². The molecule has 0 aliphatic rings. The van der Waals surface area contributed by atoms with E-state index in [1.807, 2.05) is 6.92 Å². The molecule has 82 valence electrons. The summed E-state index contributed by atoms with van der Waals surface area (Å²) in [5, 5.41) is 0. The van der Waals surface area contributed by atoms with Gasteiger partial charge in [0, 0.05) is 12.1 Å². The first-order valence-corrected chi connectivity index (χ1v) is 8.76. The Morgan fingerprint density at radius 1 is 1.64 bits per heavy atom. The maximum Gasteiger partial charge on any atom is 0.330 e. The van der Waals surface area contributed by atoms with Gasteiger partial charge < -0.3 is 8.85 Å². The smallest absolute Gasteiger partial charge is 0.330 e. The standard InChI is InChI=1S/C9H20O3Si2/c1-5-8(11-9(10)6-2)7-14(3,4)12-13/h6,8H,2,5,7H2,1,3-4,13H3. The largest absolute Gasteiger partial charge is 0.463 e. The van der Waals surface area contributed by atoms with Crippen LogP contribution < -0.4 is 0 Å². The van der Waals surface area contributed by atoms with E-state index in [0.717, 1.165) is 23.0 Å². The Morgan fingerprint density at radius 2 is 2.21 bits per heavy atom. The highest BCUT2D eigenvalue weighted by molar-refractivity contribution is 6.73. The summed E-state index contributed by atoms with van der Waals surface area (Å²) in [6.45, 7) is 9.68. The molecule has 0 saturated heterocycles. The first-order valence-electron chi connectivity index (χ1n) is 4.83. The average molecular weight is 232 g/mol. The van der Waals surface area contributed by atoms with Crippen molar-refractivity contribution in [2.45, 2.75) is 38.6 Å². The fraction of sp³-hybridized carbons (Fsp3) is 0.667. The number of carbonyl (C=O) groups is 1. The van der Waals surface area contributed by atoms with Crippen molar-refractivity contribution in [2.24, 2.45) is 0 Å². The van der Waals surface area contributed by atoms with Crippen LogP contribution in [0.2, 0.25) is 19.1 Å². The minimum atomic E-state index is -1.59. The van der Waals surface area contributed by atoms with Gasteiger partial charge in [0.05, 0.1) is 0 Å². The fourth-order valence-corrected chi connectivity index (χ4v) is 3.25. The molecule has 0 aliphatic heterocycles. The van der Waals surface area contributed by atoms with Gasteiger partial charge in [-0.25, -0.2) is 4.79 Å². The molecule has 0 fully saturated rings. The van der Waals surface area contributed by atoms with Crippen LogP contribution in [0.5, 0.6) is 0 Å². The molecule has 0 bridgehead atoms.